The minimum atomic E-state index is -3.65. The van der Waals surface area contributed by atoms with Crippen LogP contribution in [-0.4, -0.2) is 45.5 Å². The van der Waals surface area contributed by atoms with Gasteiger partial charge in [0.1, 0.15) is 0 Å². The van der Waals surface area contributed by atoms with E-state index in [0.29, 0.717) is 31.9 Å². The molecule has 1 aliphatic heterocycles. The van der Waals surface area contributed by atoms with Gasteiger partial charge in [-0.2, -0.15) is 0 Å². The summed E-state index contributed by atoms with van der Waals surface area (Å²) in [6, 6.07) is 6.00. The number of hydrazine groups is 1. The molecule has 0 atom stereocenters. The number of benzene rings is 1. The lowest BCUT2D eigenvalue weighted by Crippen LogP contribution is -2.48. The molecule has 1 heterocycles. The third-order valence-corrected chi connectivity index (χ3v) is 4.18. The van der Waals surface area contributed by atoms with Crippen molar-refractivity contribution in [1.82, 2.24) is 9.84 Å². The van der Waals surface area contributed by atoms with Crippen LogP contribution in [-0.2, 0) is 14.8 Å². The molecule has 1 N–H and O–H groups in total. The van der Waals surface area contributed by atoms with Gasteiger partial charge in [0, 0.05) is 18.7 Å². The molecular weight excluding hydrogens is 268 g/mol. The fourth-order valence-electron chi connectivity index (χ4n) is 1.76. The van der Waals surface area contributed by atoms with Gasteiger partial charge in [-0.15, -0.1) is 4.83 Å². The molecule has 1 aromatic carbocycles. The van der Waals surface area contributed by atoms with Gasteiger partial charge in [-0.25, -0.2) is 13.4 Å². The van der Waals surface area contributed by atoms with Crippen molar-refractivity contribution in [1.29, 1.82) is 0 Å². The maximum absolute atomic E-state index is 12.2. The number of sulfonamides is 1. The van der Waals surface area contributed by atoms with E-state index < -0.39 is 10.0 Å². The summed E-state index contributed by atoms with van der Waals surface area (Å²) in [7, 11) is -3.65. The van der Waals surface area contributed by atoms with E-state index in [1.165, 1.54) is 19.1 Å². The average molecular weight is 284 g/mol. The van der Waals surface area contributed by atoms with E-state index >= 15 is 0 Å². The van der Waals surface area contributed by atoms with Gasteiger partial charge in [0.2, 0.25) is 0 Å². The summed E-state index contributed by atoms with van der Waals surface area (Å²) in [6.45, 7) is 3.41. The van der Waals surface area contributed by atoms with Crippen molar-refractivity contribution in [3.8, 4) is 0 Å². The van der Waals surface area contributed by atoms with Crippen LogP contribution in [0, 0.1) is 0 Å². The van der Waals surface area contributed by atoms with Crippen molar-refractivity contribution in [2.75, 3.05) is 26.3 Å². The molecule has 104 valence electrons. The number of nitrogens with zero attached hydrogens (tertiary/aromatic N) is 1. The van der Waals surface area contributed by atoms with Crippen LogP contribution in [0.25, 0.3) is 0 Å². The zero-order valence-electron chi connectivity index (χ0n) is 10.6. The summed E-state index contributed by atoms with van der Waals surface area (Å²) < 4.78 is 29.5. The second-order valence-corrected chi connectivity index (χ2v) is 5.94. The smallest absolute Gasteiger partial charge is 0.253 e. The number of nitrogens with one attached hydrogen (secondary N) is 1. The molecule has 19 heavy (non-hydrogen) atoms. The minimum absolute atomic E-state index is 0.0895. The van der Waals surface area contributed by atoms with E-state index in [-0.39, 0.29) is 10.7 Å². The van der Waals surface area contributed by atoms with E-state index in [0.717, 1.165) is 0 Å². The summed E-state index contributed by atoms with van der Waals surface area (Å²) >= 11 is 0. The van der Waals surface area contributed by atoms with Crippen molar-refractivity contribution in [2.24, 2.45) is 0 Å². The fraction of sp³-hybridized carbons (Fsp3) is 0.417. The van der Waals surface area contributed by atoms with Crippen LogP contribution in [0.3, 0.4) is 0 Å². The molecule has 1 saturated heterocycles. The van der Waals surface area contributed by atoms with E-state index in [2.05, 4.69) is 4.83 Å². The number of ketones is 1. The summed E-state index contributed by atoms with van der Waals surface area (Å²) in [5.74, 6) is -0.163. The lowest BCUT2D eigenvalue weighted by molar-refractivity contribution is 0.0272. The van der Waals surface area contributed by atoms with Gasteiger partial charge in [0.05, 0.1) is 18.1 Å². The van der Waals surface area contributed by atoms with Crippen LogP contribution < -0.4 is 4.83 Å². The van der Waals surface area contributed by atoms with Crippen molar-refractivity contribution >= 4 is 15.8 Å². The van der Waals surface area contributed by atoms with Gasteiger partial charge in [-0.05, 0) is 19.1 Å². The Labute approximate surface area is 112 Å². The van der Waals surface area contributed by atoms with E-state index in [1.54, 1.807) is 17.1 Å². The first-order valence-corrected chi connectivity index (χ1v) is 7.43. The van der Waals surface area contributed by atoms with Gasteiger partial charge in [-0.1, -0.05) is 12.1 Å². The third-order valence-electron chi connectivity index (χ3n) is 2.81. The molecule has 0 aliphatic carbocycles. The molecule has 0 unspecified atom stereocenters. The first-order chi connectivity index (χ1) is 8.99. The van der Waals surface area contributed by atoms with Crippen molar-refractivity contribution < 1.29 is 17.9 Å². The Morgan fingerprint density at radius 3 is 2.63 bits per heavy atom. The lowest BCUT2D eigenvalue weighted by Gasteiger charge is -2.26. The number of ether oxygens (including phenoxy) is 1. The Bertz CT molecular complexity index is 565. The van der Waals surface area contributed by atoms with Crippen LogP contribution in [0.5, 0.6) is 0 Å². The fourth-order valence-corrected chi connectivity index (χ4v) is 2.93. The minimum Gasteiger partial charge on any atom is -0.379 e. The highest BCUT2D eigenvalue weighted by Gasteiger charge is 2.20. The molecule has 1 aliphatic rings. The molecule has 0 radical (unpaired) electrons. The SMILES string of the molecule is CC(=O)c1cccc(S(=O)(=O)NN2CCOCC2)c1. The Kier molecular flexibility index (Phi) is 4.31. The first kappa shape index (κ1) is 14.1. The maximum Gasteiger partial charge on any atom is 0.253 e. The van der Waals surface area contributed by atoms with Crippen LogP contribution in [0.2, 0.25) is 0 Å². The number of hydrogen-bond donors (Lipinski definition) is 1. The first-order valence-electron chi connectivity index (χ1n) is 5.95. The summed E-state index contributed by atoms with van der Waals surface area (Å²) in [6.07, 6.45) is 0. The second-order valence-electron chi connectivity index (χ2n) is 4.28. The van der Waals surface area contributed by atoms with E-state index in [4.69, 9.17) is 4.74 Å². The largest absolute Gasteiger partial charge is 0.379 e. The third kappa shape index (κ3) is 3.60. The predicted molar refractivity (Wildman–Crippen MR) is 69.2 cm³/mol. The molecule has 0 amide bonds. The summed E-state index contributed by atoms with van der Waals surface area (Å²) in [5, 5.41) is 1.60. The summed E-state index contributed by atoms with van der Waals surface area (Å²) in [4.78, 5) is 13.9. The average Bonchev–Trinajstić information content (AvgIpc) is 2.39. The Morgan fingerprint density at radius 1 is 1.32 bits per heavy atom. The number of morpholine rings is 1. The van der Waals surface area contributed by atoms with Gasteiger partial charge in [0.25, 0.3) is 10.0 Å². The molecule has 7 heteroatoms. The normalized spacial score (nSPS) is 17.3. The van der Waals surface area contributed by atoms with Crippen LogP contribution >= 0.6 is 0 Å². The van der Waals surface area contributed by atoms with Crippen LogP contribution in [0.1, 0.15) is 17.3 Å². The predicted octanol–water partition coefficient (Wildman–Crippen LogP) is 0.415. The second kappa shape index (κ2) is 5.79. The summed E-state index contributed by atoms with van der Waals surface area (Å²) in [5.41, 5.74) is 0.379. The number of hydrogen-bond acceptors (Lipinski definition) is 5. The molecule has 1 fully saturated rings. The van der Waals surface area contributed by atoms with Gasteiger partial charge in [0.15, 0.2) is 5.78 Å². The molecular formula is C12H16N2O4S. The van der Waals surface area contributed by atoms with Crippen LogP contribution in [0.4, 0.5) is 0 Å². The zero-order valence-corrected chi connectivity index (χ0v) is 11.4. The molecule has 0 spiro atoms. The molecule has 6 nitrogen and oxygen atoms in total. The van der Waals surface area contributed by atoms with Crippen molar-refractivity contribution in [2.45, 2.75) is 11.8 Å². The lowest BCUT2D eigenvalue weighted by atomic mass is 10.2. The Balaban J connectivity index is 2.18. The monoisotopic (exact) mass is 284 g/mol. The molecule has 2 rings (SSSR count). The number of Topliss-reactive ketones (excluding diaryl/α,β-unsaturated/α-hetero) is 1. The Morgan fingerprint density at radius 2 is 2.00 bits per heavy atom. The van der Waals surface area contributed by atoms with Gasteiger partial charge in [-0.3, -0.25) is 4.79 Å². The van der Waals surface area contributed by atoms with Gasteiger partial charge >= 0.3 is 0 Å². The molecule has 0 bridgehead atoms. The quantitative estimate of drug-likeness (QED) is 0.811. The van der Waals surface area contributed by atoms with E-state index in [1.807, 2.05) is 0 Å². The van der Waals surface area contributed by atoms with Crippen molar-refractivity contribution in [3.05, 3.63) is 29.8 Å². The van der Waals surface area contributed by atoms with E-state index in [9.17, 15) is 13.2 Å². The number of carbonyl (C=O) groups excluding carboxylic acids is 1. The maximum atomic E-state index is 12.2. The van der Waals surface area contributed by atoms with Crippen LogP contribution in [0.15, 0.2) is 29.2 Å². The standard InChI is InChI=1S/C12H16N2O4S/c1-10(15)11-3-2-4-12(9-11)19(16,17)13-14-5-7-18-8-6-14/h2-4,9,13H,5-8H2,1H3. The highest BCUT2D eigenvalue weighted by molar-refractivity contribution is 7.89. The Hall–Kier alpha value is -1.28. The molecule has 1 aromatic rings. The zero-order chi connectivity index (χ0) is 13.9. The highest BCUT2D eigenvalue weighted by Crippen LogP contribution is 2.12. The van der Waals surface area contributed by atoms with Crippen molar-refractivity contribution in [3.63, 3.8) is 0 Å². The molecule has 0 saturated carbocycles. The topological polar surface area (TPSA) is 75.7 Å². The van der Waals surface area contributed by atoms with Gasteiger partial charge < -0.3 is 4.74 Å². The number of carbonyl (C=O) groups is 1. The number of rotatable bonds is 4. The highest BCUT2D eigenvalue weighted by atomic mass is 32.2. The molecule has 0 aromatic heterocycles.